The van der Waals surface area contributed by atoms with Crippen molar-refractivity contribution in [3.63, 3.8) is 0 Å². The van der Waals surface area contributed by atoms with E-state index in [1.165, 1.54) is 0 Å². The minimum Gasteiger partial charge on any atom is -0.349 e. The molecule has 0 radical (unpaired) electrons. The zero-order chi connectivity index (χ0) is 6.85. The zero-order valence-corrected chi connectivity index (χ0v) is 4.16. The van der Waals surface area contributed by atoms with Gasteiger partial charge in [-0.15, -0.1) is 0 Å². The standard InChI is InChI=1S/C3H2N2O4/c6-3-4-1-2(9-3)5(7)8/h1H,(H,4,6). The summed E-state index contributed by atoms with van der Waals surface area (Å²) in [5.41, 5.74) is 0. The highest BCUT2D eigenvalue weighted by atomic mass is 16.7. The molecule has 0 amide bonds. The molecule has 0 aromatic carbocycles. The number of nitrogens with zero attached hydrogens (tertiary/aromatic N) is 1. The van der Waals surface area contributed by atoms with E-state index in [1.807, 2.05) is 4.98 Å². The van der Waals surface area contributed by atoms with Crippen LogP contribution in [0.25, 0.3) is 0 Å². The molecule has 6 heteroatoms. The normalized spacial score (nSPS) is 9.33. The molecule has 0 aliphatic rings. The van der Waals surface area contributed by atoms with E-state index in [0.29, 0.717) is 0 Å². The first kappa shape index (κ1) is 5.54. The lowest BCUT2D eigenvalue weighted by atomic mass is 10.8. The Morgan fingerprint density at radius 1 is 1.78 bits per heavy atom. The molecule has 0 fully saturated rings. The van der Waals surface area contributed by atoms with E-state index in [1.54, 1.807) is 0 Å². The van der Waals surface area contributed by atoms with Crippen LogP contribution in [-0.4, -0.2) is 9.91 Å². The Kier molecular flexibility index (Phi) is 1.07. The third kappa shape index (κ3) is 0.958. The average molecular weight is 130 g/mol. The third-order valence-corrected chi connectivity index (χ3v) is 0.691. The summed E-state index contributed by atoms with van der Waals surface area (Å²) >= 11 is 0. The van der Waals surface area contributed by atoms with Gasteiger partial charge in [-0.05, 0) is 0 Å². The maximum absolute atomic E-state index is 10.1. The van der Waals surface area contributed by atoms with Crippen molar-refractivity contribution in [1.29, 1.82) is 0 Å². The molecule has 1 aromatic heterocycles. The Balaban J connectivity index is 3.12. The van der Waals surface area contributed by atoms with Gasteiger partial charge >= 0.3 is 11.6 Å². The minimum atomic E-state index is -0.818. The van der Waals surface area contributed by atoms with E-state index >= 15 is 0 Å². The number of H-pyrrole nitrogens is 1. The molecule has 1 aromatic rings. The van der Waals surface area contributed by atoms with Gasteiger partial charge in [-0.25, -0.2) is 4.79 Å². The maximum atomic E-state index is 10.1. The van der Waals surface area contributed by atoms with Gasteiger partial charge in [0.15, 0.2) is 0 Å². The Morgan fingerprint density at radius 3 is 2.67 bits per heavy atom. The molecule has 0 saturated carbocycles. The van der Waals surface area contributed by atoms with Crippen molar-refractivity contribution in [2.24, 2.45) is 0 Å². The molecule has 0 aliphatic carbocycles. The number of nitrogens with one attached hydrogen (secondary N) is 1. The van der Waals surface area contributed by atoms with Crippen LogP contribution in [0.15, 0.2) is 15.4 Å². The molecule has 9 heavy (non-hydrogen) atoms. The van der Waals surface area contributed by atoms with Crippen LogP contribution in [0.5, 0.6) is 0 Å². The summed E-state index contributed by atoms with van der Waals surface area (Å²) in [4.78, 5) is 21.0. The number of aromatic nitrogens is 1. The van der Waals surface area contributed by atoms with Gasteiger partial charge in [0.05, 0.1) is 0 Å². The molecule has 0 saturated heterocycles. The fourth-order valence-corrected chi connectivity index (χ4v) is 0.365. The van der Waals surface area contributed by atoms with Crippen molar-refractivity contribution in [2.45, 2.75) is 0 Å². The summed E-state index contributed by atoms with van der Waals surface area (Å²) in [5.74, 6) is -1.39. The highest BCUT2D eigenvalue weighted by Gasteiger charge is 2.08. The van der Waals surface area contributed by atoms with Crippen LogP contribution in [-0.2, 0) is 0 Å². The van der Waals surface area contributed by atoms with E-state index in [-0.39, 0.29) is 0 Å². The second-order valence-corrected chi connectivity index (χ2v) is 1.27. The molecule has 1 N–H and O–H groups in total. The predicted molar refractivity (Wildman–Crippen MR) is 26.0 cm³/mol. The van der Waals surface area contributed by atoms with Crippen LogP contribution < -0.4 is 5.76 Å². The lowest BCUT2D eigenvalue weighted by molar-refractivity contribution is -0.402. The summed E-state index contributed by atoms with van der Waals surface area (Å²) in [7, 11) is 0. The molecule has 0 aliphatic heterocycles. The molecule has 1 heterocycles. The van der Waals surface area contributed by atoms with Gasteiger partial charge in [-0.3, -0.25) is 15.1 Å². The van der Waals surface area contributed by atoms with Gasteiger partial charge in [-0.1, -0.05) is 0 Å². The molecular formula is C3H2N2O4. The van der Waals surface area contributed by atoms with Crippen molar-refractivity contribution in [3.05, 3.63) is 26.9 Å². The van der Waals surface area contributed by atoms with Crippen molar-refractivity contribution in [1.82, 2.24) is 4.98 Å². The van der Waals surface area contributed by atoms with E-state index in [2.05, 4.69) is 4.42 Å². The van der Waals surface area contributed by atoms with Gasteiger partial charge in [0.1, 0.15) is 11.1 Å². The minimum absolute atomic E-state index is 0.569. The van der Waals surface area contributed by atoms with Gasteiger partial charge in [0.25, 0.3) is 0 Å². The first-order valence-electron chi connectivity index (χ1n) is 2.03. The quantitative estimate of drug-likeness (QED) is 0.423. The summed E-state index contributed by atoms with van der Waals surface area (Å²) in [6.45, 7) is 0. The van der Waals surface area contributed by atoms with Gasteiger partial charge in [0.2, 0.25) is 0 Å². The second kappa shape index (κ2) is 1.73. The van der Waals surface area contributed by atoms with E-state index < -0.39 is 16.6 Å². The molecule has 48 valence electrons. The van der Waals surface area contributed by atoms with Crippen LogP contribution >= 0.6 is 0 Å². The lowest BCUT2D eigenvalue weighted by Gasteiger charge is -1.74. The highest BCUT2D eigenvalue weighted by Crippen LogP contribution is 2.02. The van der Waals surface area contributed by atoms with Crippen molar-refractivity contribution >= 4 is 5.88 Å². The van der Waals surface area contributed by atoms with Crippen molar-refractivity contribution in [3.8, 4) is 0 Å². The highest BCUT2D eigenvalue weighted by molar-refractivity contribution is 5.03. The Labute approximate surface area is 48.3 Å². The Morgan fingerprint density at radius 2 is 2.44 bits per heavy atom. The van der Waals surface area contributed by atoms with Crippen LogP contribution in [0, 0.1) is 10.1 Å². The number of hydrogen-bond donors (Lipinski definition) is 1. The molecule has 0 spiro atoms. The number of oxazole rings is 1. The fraction of sp³-hybridized carbons (Fsp3) is 0. The smallest absolute Gasteiger partial charge is 0.349 e. The number of nitro groups is 1. The van der Waals surface area contributed by atoms with Crippen LogP contribution in [0.3, 0.4) is 0 Å². The molecular weight excluding hydrogens is 128 g/mol. The second-order valence-electron chi connectivity index (χ2n) is 1.27. The lowest BCUT2D eigenvalue weighted by Crippen LogP contribution is -1.93. The molecule has 0 unspecified atom stereocenters. The van der Waals surface area contributed by atoms with Crippen LogP contribution in [0.1, 0.15) is 0 Å². The largest absolute Gasteiger partial charge is 0.453 e. The number of hydrogen-bond acceptors (Lipinski definition) is 4. The summed E-state index contributed by atoms with van der Waals surface area (Å²) < 4.78 is 4.03. The number of aromatic amines is 1. The molecule has 1 rings (SSSR count). The van der Waals surface area contributed by atoms with Crippen LogP contribution in [0.4, 0.5) is 5.88 Å². The monoisotopic (exact) mass is 130 g/mol. The molecule has 0 bridgehead atoms. The first-order chi connectivity index (χ1) is 4.20. The van der Waals surface area contributed by atoms with E-state index in [4.69, 9.17) is 0 Å². The molecule has 0 atom stereocenters. The predicted octanol–water partition coefficient (Wildman–Crippen LogP) is -0.124. The van der Waals surface area contributed by atoms with Gasteiger partial charge < -0.3 is 4.42 Å². The summed E-state index contributed by atoms with van der Waals surface area (Å²) in [6.07, 6.45) is 0.891. The van der Waals surface area contributed by atoms with Gasteiger partial charge in [0, 0.05) is 0 Å². The Hall–Kier alpha value is -1.59. The number of rotatable bonds is 1. The van der Waals surface area contributed by atoms with Crippen LogP contribution in [0.2, 0.25) is 0 Å². The van der Waals surface area contributed by atoms with E-state index in [9.17, 15) is 14.9 Å². The molecule has 6 nitrogen and oxygen atoms in total. The van der Waals surface area contributed by atoms with Crippen molar-refractivity contribution in [2.75, 3.05) is 0 Å². The van der Waals surface area contributed by atoms with E-state index in [0.717, 1.165) is 6.20 Å². The fourth-order valence-electron chi connectivity index (χ4n) is 0.365. The summed E-state index contributed by atoms with van der Waals surface area (Å²) in [6, 6.07) is 0. The topological polar surface area (TPSA) is 89.1 Å². The first-order valence-corrected chi connectivity index (χ1v) is 2.03. The third-order valence-electron chi connectivity index (χ3n) is 0.691. The zero-order valence-electron chi connectivity index (χ0n) is 4.16. The summed E-state index contributed by atoms with van der Waals surface area (Å²) in [5, 5.41) is 9.77. The SMILES string of the molecule is O=c1[nH]cc([N+](=O)[O-])o1. The average Bonchev–Trinajstić information content (AvgIpc) is 2.14. The maximum Gasteiger partial charge on any atom is 0.453 e. The van der Waals surface area contributed by atoms with Gasteiger partial charge in [-0.2, -0.15) is 0 Å². The van der Waals surface area contributed by atoms with Crippen molar-refractivity contribution < 1.29 is 9.34 Å². The Bertz CT molecular complexity index is 271.